The number of β-amino-alcohol motifs (C(OH)–C–C–N with tert-alkyl or cyclic N) is 1. The van der Waals surface area contributed by atoms with Crippen molar-refractivity contribution in [2.24, 2.45) is 0 Å². The van der Waals surface area contributed by atoms with Crippen molar-refractivity contribution in [1.82, 2.24) is 9.88 Å². The Hall–Kier alpha value is -1.26. The minimum Gasteiger partial charge on any atom is -0.392 e. The van der Waals surface area contributed by atoms with Crippen LogP contribution in [0.5, 0.6) is 0 Å². The number of aliphatic hydroxyl groups excluding tert-OH is 1. The first-order chi connectivity index (χ1) is 9.25. The van der Waals surface area contributed by atoms with Crippen molar-refractivity contribution >= 4 is 5.78 Å². The van der Waals surface area contributed by atoms with Gasteiger partial charge in [-0.05, 0) is 50.9 Å². The highest BCUT2D eigenvalue weighted by molar-refractivity contribution is 5.95. The topological polar surface area (TPSA) is 53.4 Å². The van der Waals surface area contributed by atoms with Crippen LogP contribution in [0.15, 0.2) is 24.5 Å². The first kappa shape index (κ1) is 14.2. The lowest BCUT2D eigenvalue weighted by Crippen LogP contribution is -2.38. The predicted octanol–water partition coefficient (Wildman–Crippen LogP) is 1.89. The largest absolute Gasteiger partial charge is 0.392 e. The van der Waals surface area contributed by atoms with E-state index in [0.717, 1.165) is 45.3 Å². The normalized spacial score (nSPS) is 20.4. The number of pyridine rings is 1. The first-order valence-corrected chi connectivity index (χ1v) is 7.09. The van der Waals surface area contributed by atoms with Gasteiger partial charge in [-0.25, -0.2) is 0 Å². The number of nitrogens with zero attached hydrogens (tertiary/aromatic N) is 2. The zero-order valence-electron chi connectivity index (χ0n) is 11.3. The lowest BCUT2D eigenvalue weighted by Gasteiger charge is -2.29. The maximum absolute atomic E-state index is 11.9. The van der Waals surface area contributed by atoms with Crippen molar-refractivity contribution in [3.05, 3.63) is 30.1 Å². The highest BCUT2D eigenvalue weighted by atomic mass is 16.3. The molecule has 1 N–H and O–H groups in total. The third-order valence-corrected chi connectivity index (χ3v) is 3.59. The van der Waals surface area contributed by atoms with E-state index >= 15 is 0 Å². The molecule has 0 saturated carbocycles. The van der Waals surface area contributed by atoms with Crippen molar-refractivity contribution in [2.75, 3.05) is 19.6 Å². The number of carbonyl (C=O) groups is 1. The third-order valence-electron chi connectivity index (χ3n) is 3.59. The van der Waals surface area contributed by atoms with Crippen molar-refractivity contribution < 1.29 is 9.90 Å². The molecule has 1 aliphatic rings. The second kappa shape index (κ2) is 7.36. The number of likely N-dealkylation sites (tertiary alicyclic amines) is 1. The molecule has 1 fully saturated rings. The van der Waals surface area contributed by atoms with E-state index in [2.05, 4.69) is 9.88 Å². The predicted molar refractivity (Wildman–Crippen MR) is 74.1 cm³/mol. The average molecular weight is 262 g/mol. The van der Waals surface area contributed by atoms with Gasteiger partial charge in [0.25, 0.3) is 0 Å². The summed E-state index contributed by atoms with van der Waals surface area (Å²) in [7, 11) is 0. The Labute approximate surface area is 114 Å². The van der Waals surface area contributed by atoms with E-state index in [9.17, 15) is 9.90 Å². The first-order valence-electron chi connectivity index (χ1n) is 7.09. The molecule has 1 aromatic heterocycles. The third kappa shape index (κ3) is 4.73. The minimum absolute atomic E-state index is 0.161. The van der Waals surface area contributed by atoms with Crippen molar-refractivity contribution in [3.8, 4) is 0 Å². The maximum atomic E-state index is 11.9. The summed E-state index contributed by atoms with van der Waals surface area (Å²) in [6.07, 6.45) is 7.65. The molecular weight excluding hydrogens is 240 g/mol. The average Bonchev–Trinajstić information content (AvgIpc) is 2.44. The van der Waals surface area contributed by atoms with Crippen molar-refractivity contribution in [2.45, 2.75) is 38.2 Å². The van der Waals surface area contributed by atoms with Crippen LogP contribution in [-0.2, 0) is 0 Å². The Bertz CT molecular complexity index is 394. The molecule has 0 amide bonds. The van der Waals surface area contributed by atoms with Crippen LogP contribution >= 0.6 is 0 Å². The number of unbranched alkanes of at least 4 members (excludes halogenated alkanes) is 1. The summed E-state index contributed by atoms with van der Waals surface area (Å²) < 4.78 is 0. The summed E-state index contributed by atoms with van der Waals surface area (Å²) >= 11 is 0. The van der Waals surface area contributed by atoms with E-state index in [-0.39, 0.29) is 11.9 Å². The highest BCUT2D eigenvalue weighted by Gasteiger charge is 2.16. The lowest BCUT2D eigenvalue weighted by molar-refractivity contribution is 0.0694. The van der Waals surface area contributed by atoms with Gasteiger partial charge in [-0.15, -0.1) is 0 Å². The molecular formula is C15H22N2O2. The number of Topliss-reactive ketones (excluding diaryl/α,β-unsaturated/α-hetero) is 1. The molecule has 1 aromatic rings. The SMILES string of the molecule is O=C(CCCCN1CCC[C@H](O)C1)c1cccnc1. The molecule has 0 aromatic carbocycles. The summed E-state index contributed by atoms with van der Waals surface area (Å²) in [5, 5.41) is 9.57. The molecule has 104 valence electrons. The Morgan fingerprint density at radius 2 is 2.37 bits per heavy atom. The Balaban J connectivity index is 1.63. The number of piperidine rings is 1. The van der Waals surface area contributed by atoms with Gasteiger partial charge in [0.05, 0.1) is 6.10 Å². The molecule has 0 bridgehead atoms. The van der Waals surface area contributed by atoms with Crippen LogP contribution in [0.3, 0.4) is 0 Å². The lowest BCUT2D eigenvalue weighted by atomic mass is 10.1. The number of ketones is 1. The number of aliphatic hydroxyl groups is 1. The summed E-state index contributed by atoms with van der Waals surface area (Å²) in [5.74, 6) is 0.173. The number of carbonyl (C=O) groups excluding carboxylic acids is 1. The molecule has 1 aliphatic heterocycles. The molecule has 0 aliphatic carbocycles. The molecule has 1 atom stereocenters. The molecule has 0 radical (unpaired) electrons. The van der Waals surface area contributed by atoms with Gasteiger partial charge >= 0.3 is 0 Å². The standard InChI is InChI=1S/C15H22N2O2/c18-14-6-4-10-17(12-14)9-2-1-7-15(19)13-5-3-8-16-11-13/h3,5,8,11,14,18H,1-2,4,6-7,9-10,12H2/t14-/m0/s1. The summed E-state index contributed by atoms with van der Waals surface area (Å²) in [4.78, 5) is 18.1. The van der Waals surface area contributed by atoms with E-state index < -0.39 is 0 Å². The summed E-state index contributed by atoms with van der Waals surface area (Å²) in [5.41, 5.74) is 0.705. The molecule has 2 rings (SSSR count). The van der Waals surface area contributed by atoms with E-state index in [1.54, 1.807) is 18.5 Å². The van der Waals surface area contributed by atoms with Crippen molar-refractivity contribution in [3.63, 3.8) is 0 Å². The number of aromatic nitrogens is 1. The van der Waals surface area contributed by atoms with Crippen LogP contribution in [0.1, 0.15) is 42.5 Å². The summed E-state index contributed by atoms with van der Waals surface area (Å²) in [6, 6.07) is 3.61. The van der Waals surface area contributed by atoms with E-state index in [0.29, 0.717) is 12.0 Å². The van der Waals surface area contributed by atoms with Crippen LogP contribution < -0.4 is 0 Å². The van der Waals surface area contributed by atoms with Crippen molar-refractivity contribution in [1.29, 1.82) is 0 Å². The molecule has 0 unspecified atom stereocenters. The maximum Gasteiger partial charge on any atom is 0.164 e. The number of rotatable bonds is 6. The molecule has 4 heteroatoms. The van der Waals surface area contributed by atoms with Crippen LogP contribution in [0, 0.1) is 0 Å². The van der Waals surface area contributed by atoms with Crippen LogP contribution in [0.2, 0.25) is 0 Å². The zero-order valence-corrected chi connectivity index (χ0v) is 11.3. The minimum atomic E-state index is -0.161. The van der Waals surface area contributed by atoms with E-state index in [1.165, 1.54) is 0 Å². The smallest absolute Gasteiger partial charge is 0.164 e. The Kier molecular flexibility index (Phi) is 5.48. The zero-order chi connectivity index (χ0) is 13.5. The fraction of sp³-hybridized carbons (Fsp3) is 0.600. The fourth-order valence-corrected chi connectivity index (χ4v) is 2.53. The Morgan fingerprint density at radius 1 is 1.47 bits per heavy atom. The van der Waals surface area contributed by atoms with Crippen LogP contribution in [0.4, 0.5) is 0 Å². The van der Waals surface area contributed by atoms with Gasteiger partial charge in [-0.1, -0.05) is 0 Å². The second-order valence-electron chi connectivity index (χ2n) is 5.22. The van der Waals surface area contributed by atoms with E-state index in [1.807, 2.05) is 6.07 Å². The van der Waals surface area contributed by atoms with Gasteiger partial charge in [-0.2, -0.15) is 0 Å². The van der Waals surface area contributed by atoms with Gasteiger partial charge in [0, 0.05) is 30.9 Å². The second-order valence-corrected chi connectivity index (χ2v) is 5.22. The van der Waals surface area contributed by atoms with Crippen LogP contribution in [-0.4, -0.2) is 46.5 Å². The number of hydrogen-bond acceptors (Lipinski definition) is 4. The molecule has 19 heavy (non-hydrogen) atoms. The Morgan fingerprint density at radius 3 is 3.11 bits per heavy atom. The monoisotopic (exact) mass is 262 g/mol. The molecule has 2 heterocycles. The molecule has 0 spiro atoms. The van der Waals surface area contributed by atoms with Gasteiger partial charge in [0.2, 0.25) is 0 Å². The fourth-order valence-electron chi connectivity index (χ4n) is 2.53. The van der Waals surface area contributed by atoms with E-state index in [4.69, 9.17) is 0 Å². The quantitative estimate of drug-likeness (QED) is 0.628. The van der Waals surface area contributed by atoms with Crippen LogP contribution in [0.25, 0.3) is 0 Å². The molecule has 1 saturated heterocycles. The van der Waals surface area contributed by atoms with Gasteiger partial charge < -0.3 is 10.0 Å². The van der Waals surface area contributed by atoms with Gasteiger partial charge in [-0.3, -0.25) is 9.78 Å². The molecule has 4 nitrogen and oxygen atoms in total. The summed E-state index contributed by atoms with van der Waals surface area (Å²) in [6.45, 7) is 2.85. The number of hydrogen-bond donors (Lipinski definition) is 1. The van der Waals surface area contributed by atoms with Gasteiger partial charge in [0.15, 0.2) is 5.78 Å². The van der Waals surface area contributed by atoms with Gasteiger partial charge in [0.1, 0.15) is 0 Å². The highest BCUT2D eigenvalue weighted by Crippen LogP contribution is 2.11.